The number of fused-ring (bicyclic) bond motifs is 1. The highest BCUT2D eigenvalue weighted by molar-refractivity contribution is 5.70. The lowest BCUT2D eigenvalue weighted by Crippen LogP contribution is -2.32. The molecule has 1 aliphatic heterocycles. The summed E-state index contributed by atoms with van der Waals surface area (Å²) in [7, 11) is 0. The SMILES string of the molecule is O=C(NCC1CCOc2ccccc21)Oc1ccccc1. The molecule has 0 saturated carbocycles. The highest BCUT2D eigenvalue weighted by atomic mass is 16.6. The largest absolute Gasteiger partial charge is 0.493 e. The van der Waals surface area contributed by atoms with Crippen LogP contribution in [0.25, 0.3) is 0 Å². The van der Waals surface area contributed by atoms with Crippen LogP contribution in [0.1, 0.15) is 17.9 Å². The van der Waals surface area contributed by atoms with Gasteiger partial charge in [-0.3, -0.25) is 0 Å². The van der Waals surface area contributed by atoms with Crippen molar-refractivity contribution in [1.29, 1.82) is 0 Å². The van der Waals surface area contributed by atoms with E-state index in [0.29, 0.717) is 18.9 Å². The van der Waals surface area contributed by atoms with E-state index in [1.807, 2.05) is 42.5 Å². The number of ether oxygens (including phenoxy) is 2. The van der Waals surface area contributed by atoms with Gasteiger partial charge in [-0.05, 0) is 30.2 Å². The number of nitrogens with one attached hydrogen (secondary N) is 1. The molecule has 0 bridgehead atoms. The fourth-order valence-corrected chi connectivity index (χ4v) is 2.47. The summed E-state index contributed by atoms with van der Waals surface area (Å²) in [5.74, 6) is 1.72. The predicted octanol–water partition coefficient (Wildman–Crippen LogP) is 3.34. The molecule has 2 aromatic carbocycles. The Morgan fingerprint density at radius 3 is 2.76 bits per heavy atom. The average molecular weight is 283 g/mol. The van der Waals surface area contributed by atoms with Gasteiger partial charge < -0.3 is 14.8 Å². The summed E-state index contributed by atoms with van der Waals surface area (Å²) < 4.78 is 10.8. The van der Waals surface area contributed by atoms with E-state index < -0.39 is 6.09 Å². The fraction of sp³-hybridized carbons (Fsp3) is 0.235. The van der Waals surface area contributed by atoms with Crippen molar-refractivity contribution in [2.24, 2.45) is 0 Å². The molecule has 4 heteroatoms. The Morgan fingerprint density at radius 1 is 1.14 bits per heavy atom. The lowest BCUT2D eigenvalue weighted by Gasteiger charge is -2.25. The molecule has 0 radical (unpaired) electrons. The molecule has 3 rings (SSSR count). The molecule has 1 aliphatic rings. The maximum atomic E-state index is 11.8. The summed E-state index contributed by atoms with van der Waals surface area (Å²) in [5.41, 5.74) is 1.14. The molecular formula is C17H17NO3. The van der Waals surface area contributed by atoms with Gasteiger partial charge in [0.25, 0.3) is 0 Å². The van der Waals surface area contributed by atoms with Gasteiger partial charge in [-0.2, -0.15) is 0 Å². The highest BCUT2D eigenvalue weighted by Crippen LogP contribution is 2.32. The second kappa shape index (κ2) is 6.31. The van der Waals surface area contributed by atoms with Gasteiger partial charge in [0.2, 0.25) is 0 Å². The number of amides is 1. The topological polar surface area (TPSA) is 47.6 Å². The Hall–Kier alpha value is -2.49. The zero-order chi connectivity index (χ0) is 14.5. The summed E-state index contributed by atoms with van der Waals surface area (Å²) in [4.78, 5) is 11.8. The van der Waals surface area contributed by atoms with Crippen LogP contribution in [-0.2, 0) is 0 Å². The molecular weight excluding hydrogens is 266 g/mol. The summed E-state index contributed by atoms with van der Waals surface area (Å²) in [6.45, 7) is 1.23. The van der Waals surface area contributed by atoms with Crippen LogP contribution in [0, 0.1) is 0 Å². The van der Waals surface area contributed by atoms with Gasteiger partial charge in [-0.15, -0.1) is 0 Å². The maximum absolute atomic E-state index is 11.8. The van der Waals surface area contributed by atoms with Gasteiger partial charge in [-0.1, -0.05) is 36.4 Å². The first-order valence-electron chi connectivity index (χ1n) is 7.05. The van der Waals surface area contributed by atoms with Gasteiger partial charge in [-0.25, -0.2) is 4.79 Å². The third kappa shape index (κ3) is 3.34. The second-order valence-electron chi connectivity index (χ2n) is 4.96. The van der Waals surface area contributed by atoms with Crippen LogP contribution in [0.4, 0.5) is 4.79 Å². The second-order valence-corrected chi connectivity index (χ2v) is 4.96. The first-order valence-corrected chi connectivity index (χ1v) is 7.05. The quantitative estimate of drug-likeness (QED) is 0.939. The van der Waals surface area contributed by atoms with Crippen LogP contribution in [0.5, 0.6) is 11.5 Å². The van der Waals surface area contributed by atoms with Crippen molar-refractivity contribution < 1.29 is 14.3 Å². The first-order chi connectivity index (χ1) is 10.3. The van der Waals surface area contributed by atoms with E-state index in [0.717, 1.165) is 17.7 Å². The number of carbonyl (C=O) groups excluding carboxylic acids is 1. The Morgan fingerprint density at radius 2 is 1.90 bits per heavy atom. The van der Waals surface area contributed by atoms with E-state index in [9.17, 15) is 4.79 Å². The minimum Gasteiger partial charge on any atom is -0.493 e. The molecule has 2 aromatic rings. The molecule has 0 aliphatic carbocycles. The lowest BCUT2D eigenvalue weighted by molar-refractivity contribution is 0.197. The Balaban J connectivity index is 1.57. The standard InChI is InChI=1S/C17H17NO3/c19-17(21-14-6-2-1-3-7-14)18-12-13-10-11-20-16-9-5-4-8-15(13)16/h1-9,13H,10-12H2,(H,18,19). The molecule has 1 N–H and O–H groups in total. The molecule has 0 fully saturated rings. The average Bonchev–Trinajstić information content (AvgIpc) is 2.54. The third-order valence-corrected chi connectivity index (χ3v) is 3.53. The van der Waals surface area contributed by atoms with Crippen LogP contribution in [0.15, 0.2) is 54.6 Å². The van der Waals surface area contributed by atoms with Gasteiger partial charge in [0.1, 0.15) is 11.5 Å². The minimum atomic E-state index is -0.426. The van der Waals surface area contributed by atoms with Crippen molar-refractivity contribution in [3.63, 3.8) is 0 Å². The molecule has 4 nitrogen and oxygen atoms in total. The monoisotopic (exact) mass is 283 g/mol. The number of hydrogen-bond acceptors (Lipinski definition) is 3. The lowest BCUT2D eigenvalue weighted by atomic mass is 9.93. The van der Waals surface area contributed by atoms with Crippen LogP contribution >= 0.6 is 0 Å². The smallest absolute Gasteiger partial charge is 0.412 e. The number of carbonyl (C=O) groups is 1. The van der Waals surface area contributed by atoms with Crippen molar-refractivity contribution in [3.8, 4) is 11.5 Å². The number of rotatable bonds is 3. The minimum absolute atomic E-state index is 0.262. The van der Waals surface area contributed by atoms with Gasteiger partial charge in [0.05, 0.1) is 6.61 Å². The summed E-state index contributed by atoms with van der Waals surface area (Å²) >= 11 is 0. The molecule has 0 saturated heterocycles. The zero-order valence-electron chi connectivity index (χ0n) is 11.6. The molecule has 108 valence electrons. The van der Waals surface area contributed by atoms with E-state index in [4.69, 9.17) is 9.47 Å². The third-order valence-electron chi connectivity index (χ3n) is 3.53. The van der Waals surface area contributed by atoms with Crippen LogP contribution in [0.2, 0.25) is 0 Å². The van der Waals surface area contributed by atoms with Gasteiger partial charge in [0, 0.05) is 12.5 Å². The Kier molecular flexibility index (Phi) is 4.05. The van der Waals surface area contributed by atoms with Crippen molar-refractivity contribution in [3.05, 3.63) is 60.2 Å². The van der Waals surface area contributed by atoms with Crippen molar-refractivity contribution >= 4 is 6.09 Å². The Bertz CT molecular complexity index is 612. The molecule has 1 amide bonds. The van der Waals surface area contributed by atoms with E-state index in [2.05, 4.69) is 5.32 Å². The van der Waals surface area contributed by atoms with Crippen LogP contribution in [0.3, 0.4) is 0 Å². The van der Waals surface area contributed by atoms with E-state index in [1.165, 1.54) is 0 Å². The number of benzene rings is 2. The summed E-state index contributed by atoms with van der Waals surface area (Å²) in [5, 5.41) is 2.83. The predicted molar refractivity (Wildman–Crippen MR) is 79.8 cm³/mol. The number of para-hydroxylation sites is 2. The maximum Gasteiger partial charge on any atom is 0.412 e. The van der Waals surface area contributed by atoms with Crippen molar-refractivity contribution in [2.75, 3.05) is 13.2 Å². The molecule has 1 heterocycles. The summed E-state index contributed by atoms with van der Waals surface area (Å²) in [6, 6.07) is 17.0. The van der Waals surface area contributed by atoms with Gasteiger partial charge in [0.15, 0.2) is 0 Å². The van der Waals surface area contributed by atoms with Gasteiger partial charge >= 0.3 is 6.09 Å². The van der Waals surface area contributed by atoms with Crippen molar-refractivity contribution in [1.82, 2.24) is 5.32 Å². The van der Waals surface area contributed by atoms with Crippen LogP contribution in [-0.4, -0.2) is 19.2 Å². The normalized spacial score (nSPS) is 16.5. The van der Waals surface area contributed by atoms with Crippen LogP contribution < -0.4 is 14.8 Å². The first kappa shape index (κ1) is 13.5. The fourth-order valence-electron chi connectivity index (χ4n) is 2.47. The highest BCUT2D eigenvalue weighted by Gasteiger charge is 2.21. The molecule has 0 spiro atoms. The molecule has 1 unspecified atom stereocenters. The van der Waals surface area contributed by atoms with E-state index in [-0.39, 0.29) is 5.92 Å². The molecule has 21 heavy (non-hydrogen) atoms. The molecule has 0 aromatic heterocycles. The zero-order valence-corrected chi connectivity index (χ0v) is 11.6. The Labute approximate surface area is 123 Å². The van der Waals surface area contributed by atoms with E-state index in [1.54, 1.807) is 12.1 Å². The van der Waals surface area contributed by atoms with Crippen molar-refractivity contribution in [2.45, 2.75) is 12.3 Å². The summed E-state index contributed by atoms with van der Waals surface area (Å²) in [6.07, 6.45) is 0.466. The van der Waals surface area contributed by atoms with E-state index >= 15 is 0 Å². The number of hydrogen-bond donors (Lipinski definition) is 1. The molecule has 1 atom stereocenters.